The lowest BCUT2D eigenvalue weighted by molar-refractivity contribution is 0.602. The Kier molecular flexibility index (Phi) is 4.86. The van der Waals surface area contributed by atoms with E-state index in [1.165, 1.54) is 29.7 Å². The van der Waals surface area contributed by atoms with Crippen molar-refractivity contribution in [1.29, 1.82) is 0 Å². The molecule has 142 valence electrons. The van der Waals surface area contributed by atoms with Crippen LogP contribution in [0.15, 0.2) is 58.8 Å². The molecule has 0 radical (unpaired) electrons. The maximum absolute atomic E-state index is 13.4. The molecule has 0 saturated carbocycles. The molecule has 2 heterocycles. The second-order valence-corrected chi connectivity index (χ2v) is 10.3. The molecule has 0 aliphatic heterocycles. The highest BCUT2D eigenvalue weighted by Crippen LogP contribution is 2.41. The van der Waals surface area contributed by atoms with Gasteiger partial charge in [-0.1, -0.05) is 12.1 Å². The van der Waals surface area contributed by atoms with E-state index in [0.29, 0.717) is 0 Å². The molecule has 0 aliphatic carbocycles. The van der Waals surface area contributed by atoms with Gasteiger partial charge in [-0.3, -0.25) is 0 Å². The first-order valence-electron chi connectivity index (χ1n) is 8.31. The average molecular weight is 431 g/mol. The summed E-state index contributed by atoms with van der Waals surface area (Å²) in [5, 5.41) is 3.68. The van der Waals surface area contributed by atoms with Gasteiger partial charge in [0.15, 0.2) is 9.84 Å². The maximum atomic E-state index is 13.4. The lowest BCUT2D eigenvalue weighted by Crippen LogP contribution is -1.96. The molecule has 28 heavy (non-hydrogen) atoms. The van der Waals surface area contributed by atoms with E-state index in [-0.39, 0.29) is 10.7 Å². The molecule has 0 atom stereocenters. The Labute approximate surface area is 170 Å². The van der Waals surface area contributed by atoms with Crippen molar-refractivity contribution in [1.82, 2.24) is 9.97 Å². The molecular weight excluding hydrogens is 415 g/mol. The zero-order valence-electron chi connectivity index (χ0n) is 15.0. The van der Waals surface area contributed by atoms with E-state index in [9.17, 15) is 12.8 Å². The predicted octanol–water partition coefficient (Wildman–Crippen LogP) is 5.45. The topological polar surface area (TPSA) is 59.9 Å². The molecule has 2 aromatic heterocycles. The van der Waals surface area contributed by atoms with Crippen LogP contribution in [0, 0.1) is 12.7 Å². The summed E-state index contributed by atoms with van der Waals surface area (Å²) >= 11 is 3.03. The summed E-state index contributed by atoms with van der Waals surface area (Å²) in [5.74, 6) is -0.312. The molecule has 0 unspecified atom stereocenters. The van der Waals surface area contributed by atoms with E-state index in [2.05, 4.69) is 4.98 Å². The van der Waals surface area contributed by atoms with Crippen LogP contribution in [0.1, 0.15) is 5.01 Å². The highest BCUT2D eigenvalue weighted by molar-refractivity contribution is 7.90. The van der Waals surface area contributed by atoms with Gasteiger partial charge >= 0.3 is 0 Å². The summed E-state index contributed by atoms with van der Waals surface area (Å²) in [7, 11) is -3.27. The van der Waals surface area contributed by atoms with Crippen molar-refractivity contribution < 1.29 is 12.8 Å². The van der Waals surface area contributed by atoms with Crippen LogP contribution >= 0.6 is 22.7 Å². The molecule has 8 heteroatoms. The van der Waals surface area contributed by atoms with Gasteiger partial charge in [0.25, 0.3) is 0 Å². The van der Waals surface area contributed by atoms with Crippen molar-refractivity contribution in [2.45, 2.75) is 11.8 Å². The van der Waals surface area contributed by atoms with Crippen molar-refractivity contribution in [2.24, 2.45) is 0 Å². The zero-order valence-corrected chi connectivity index (χ0v) is 17.5. The fourth-order valence-electron chi connectivity index (χ4n) is 2.74. The minimum absolute atomic E-state index is 0.263. The number of sulfone groups is 1. The Morgan fingerprint density at radius 1 is 0.929 bits per heavy atom. The van der Waals surface area contributed by atoms with Crippen LogP contribution in [0.4, 0.5) is 4.39 Å². The van der Waals surface area contributed by atoms with Gasteiger partial charge < -0.3 is 0 Å². The molecule has 0 amide bonds. The monoisotopic (exact) mass is 430 g/mol. The molecule has 4 rings (SSSR count). The van der Waals surface area contributed by atoms with Gasteiger partial charge in [0.05, 0.1) is 20.5 Å². The number of nitrogens with zero attached hydrogens (tertiary/aromatic N) is 2. The van der Waals surface area contributed by atoms with Gasteiger partial charge in [0, 0.05) is 17.2 Å². The normalized spacial score (nSPS) is 11.7. The molecule has 0 bridgehead atoms. The van der Waals surface area contributed by atoms with Crippen LogP contribution in [-0.2, 0) is 9.84 Å². The van der Waals surface area contributed by atoms with Crippen LogP contribution in [0.2, 0.25) is 0 Å². The first-order valence-corrected chi connectivity index (χ1v) is 11.9. The number of hydrogen-bond donors (Lipinski definition) is 0. The Balaban J connectivity index is 1.87. The van der Waals surface area contributed by atoms with E-state index in [4.69, 9.17) is 4.98 Å². The number of thiazole rings is 2. The summed E-state index contributed by atoms with van der Waals surface area (Å²) < 4.78 is 36.9. The quantitative estimate of drug-likeness (QED) is 0.432. The first-order chi connectivity index (χ1) is 13.3. The number of aryl methyl sites for hydroxylation is 1. The van der Waals surface area contributed by atoms with Crippen molar-refractivity contribution in [2.75, 3.05) is 6.26 Å². The first kappa shape index (κ1) is 18.9. The third-order valence-electron chi connectivity index (χ3n) is 4.13. The van der Waals surface area contributed by atoms with Gasteiger partial charge in [0.2, 0.25) is 0 Å². The van der Waals surface area contributed by atoms with Crippen molar-refractivity contribution >= 4 is 32.5 Å². The van der Waals surface area contributed by atoms with Crippen molar-refractivity contribution in [3.05, 3.63) is 64.7 Å². The van der Waals surface area contributed by atoms with E-state index in [1.807, 2.05) is 12.3 Å². The second-order valence-electron chi connectivity index (χ2n) is 6.25. The SMILES string of the molecule is Cc1nc(-c2nc(-c3ccc(F)cc3)c(-c3ccc(S(C)(=O)=O)cc3)s2)cs1. The summed E-state index contributed by atoms with van der Waals surface area (Å²) in [6.07, 6.45) is 1.18. The largest absolute Gasteiger partial charge is 0.239 e. The molecular formula is C20H15FN2O2S3. The standard InChI is InChI=1S/C20H15FN2O2S3/c1-12-22-17(11-26-12)20-23-18(13-3-7-15(21)8-4-13)19(27-20)14-5-9-16(10-6-14)28(2,24)25/h3-11H,1-2H3. The Bertz CT molecular complexity index is 1240. The summed E-state index contributed by atoms with van der Waals surface area (Å²) in [6.45, 7) is 1.94. The highest BCUT2D eigenvalue weighted by Gasteiger charge is 2.18. The van der Waals surface area contributed by atoms with Crippen LogP contribution in [0.25, 0.3) is 32.4 Å². The summed E-state index contributed by atoms with van der Waals surface area (Å²) in [6, 6.07) is 12.9. The summed E-state index contributed by atoms with van der Waals surface area (Å²) in [4.78, 5) is 10.4. The fourth-order valence-corrected chi connectivity index (χ4v) is 5.10. The average Bonchev–Trinajstić information content (AvgIpc) is 3.28. The third kappa shape index (κ3) is 3.76. The van der Waals surface area contributed by atoms with E-state index in [1.54, 1.807) is 47.7 Å². The molecule has 0 fully saturated rings. The van der Waals surface area contributed by atoms with Gasteiger partial charge in [-0.15, -0.1) is 22.7 Å². The van der Waals surface area contributed by atoms with E-state index < -0.39 is 9.84 Å². The van der Waals surface area contributed by atoms with Gasteiger partial charge in [-0.25, -0.2) is 22.8 Å². The molecule has 0 saturated heterocycles. The third-order valence-corrected chi connectivity index (χ3v) is 7.16. The molecule has 2 aromatic carbocycles. The molecule has 0 N–H and O–H groups in total. The lowest BCUT2D eigenvalue weighted by Gasteiger charge is -2.04. The van der Waals surface area contributed by atoms with Crippen molar-refractivity contribution in [3.63, 3.8) is 0 Å². The predicted molar refractivity (Wildman–Crippen MR) is 112 cm³/mol. The zero-order chi connectivity index (χ0) is 19.9. The number of hydrogen-bond acceptors (Lipinski definition) is 6. The van der Waals surface area contributed by atoms with Crippen molar-refractivity contribution in [3.8, 4) is 32.4 Å². The number of rotatable bonds is 4. The Morgan fingerprint density at radius 3 is 2.14 bits per heavy atom. The lowest BCUT2D eigenvalue weighted by atomic mass is 10.1. The number of halogens is 1. The molecule has 4 nitrogen and oxygen atoms in total. The maximum Gasteiger partial charge on any atom is 0.175 e. The molecule has 0 spiro atoms. The number of benzene rings is 2. The Hall–Kier alpha value is -2.42. The van der Waals surface area contributed by atoms with Crippen LogP contribution < -0.4 is 0 Å². The molecule has 0 aliphatic rings. The highest BCUT2D eigenvalue weighted by atomic mass is 32.2. The summed E-state index contributed by atoms with van der Waals surface area (Å²) in [5.41, 5.74) is 3.16. The van der Waals surface area contributed by atoms with Crippen LogP contribution in [0.3, 0.4) is 0 Å². The van der Waals surface area contributed by atoms with Gasteiger partial charge in [-0.2, -0.15) is 0 Å². The minimum atomic E-state index is -3.27. The smallest absolute Gasteiger partial charge is 0.175 e. The second kappa shape index (κ2) is 7.20. The number of aromatic nitrogens is 2. The fraction of sp³-hybridized carbons (Fsp3) is 0.100. The van der Waals surface area contributed by atoms with Crippen LogP contribution in [-0.4, -0.2) is 24.6 Å². The van der Waals surface area contributed by atoms with Gasteiger partial charge in [-0.05, 0) is 48.9 Å². The minimum Gasteiger partial charge on any atom is -0.239 e. The molecule has 4 aromatic rings. The van der Waals surface area contributed by atoms with Gasteiger partial charge in [0.1, 0.15) is 16.5 Å². The van der Waals surface area contributed by atoms with Crippen LogP contribution in [0.5, 0.6) is 0 Å². The van der Waals surface area contributed by atoms with E-state index >= 15 is 0 Å². The van der Waals surface area contributed by atoms with E-state index in [0.717, 1.165) is 37.4 Å². The Morgan fingerprint density at radius 2 is 1.57 bits per heavy atom.